The van der Waals surface area contributed by atoms with E-state index < -0.39 is 10.0 Å². The number of hydrogen-bond donors (Lipinski definition) is 1. The Morgan fingerprint density at radius 2 is 1.73 bits per heavy atom. The van der Waals surface area contributed by atoms with E-state index in [0.717, 1.165) is 36.8 Å². The van der Waals surface area contributed by atoms with Crippen LogP contribution in [0.3, 0.4) is 0 Å². The third kappa shape index (κ3) is 6.30. The quantitative estimate of drug-likeness (QED) is 0.625. The summed E-state index contributed by atoms with van der Waals surface area (Å²) in [5.74, 6) is -0.264. The molecule has 5 nitrogen and oxygen atoms in total. The Kier molecular flexibility index (Phi) is 7.92. The van der Waals surface area contributed by atoms with E-state index in [-0.39, 0.29) is 29.9 Å². The van der Waals surface area contributed by atoms with Gasteiger partial charge in [0.15, 0.2) is 0 Å². The maximum atomic E-state index is 13.3. The Balaban J connectivity index is 1.81. The van der Waals surface area contributed by atoms with Crippen LogP contribution in [0.5, 0.6) is 0 Å². The number of sulfonamides is 1. The number of nitrogens with zero attached hydrogens (tertiary/aromatic N) is 1. The van der Waals surface area contributed by atoms with E-state index >= 15 is 0 Å². The highest BCUT2D eigenvalue weighted by atomic mass is 35.5. The molecule has 1 fully saturated rings. The molecular formula is C23H29ClN2O3S. The number of nitrogens with one attached hydrogen (secondary N) is 1. The van der Waals surface area contributed by atoms with Crippen LogP contribution < -0.4 is 5.32 Å². The van der Waals surface area contributed by atoms with Crippen molar-refractivity contribution in [3.05, 3.63) is 64.7 Å². The van der Waals surface area contributed by atoms with Gasteiger partial charge in [0.05, 0.1) is 11.4 Å². The zero-order chi connectivity index (χ0) is 21.6. The molecule has 2 aromatic rings. The van der Waals surface area contributed by atoms with E-state index in [1.165, 1.54) is 17.1 Å². The monoisotopic (exact) mass is 448 g/mol. The first-order valence-corrected chi connectivity index (χ1v) is 12.3. The zero-order valence-electron chi connectivity index (χ0n) is 17.3. The molecule has 0 bridgehead atoms. The summed E-state index contributed by atoms with van der Waals surface area (Å²) in [6.07, 6.45) is 6.47. The molecule has 0 atom stereocenters. The lowest BCUT2D eigenvalue weighted by Gasteiger charge is -2.24. The minimum atomic E-state index is -3.84. The van der Waals surface area contributed by atoms with Crippen LogP contribution in [-0.4, -0.2) is 31.2 Å². The summed E-state index contributed by atoms with van der Waals surface area (Å²) in [6, 6.07) is 13.9. The molecule has 0 unspecified atom stereocenters. The highest BCUT2D eigenvalue weighted by molar-refractivity contribution is 7.89. The lowest BCUT2D eigenvalue weighted by Crippen LogP contribution is -2.43. The number of hydrogen-bond acceptors (Lipinski definition) is 3. The normalized spacial score (nSPS) is 15.7. The summed E-state index contributed by atoms with van der Waals surface area (Å²) in [6.45, 7) is 1.76. The smallest absolute Gasteiger partial charge is 0.243 e. The van der Waals surface area contributed by atoms with Gasteiger partial charge in [-0.05, 0) is 49.6 Å². The summed E-state index contributed by atoms with van der Waals surface area (Å²) >= 11 is 6.08. The van der Waals surface area contributed by atoms with Gasteiger partial charge in [0.25, 0.3) is 0 Å². The number of amides is 1. The standard InChI is InChI=1S/C23H29ClN2O3S/c1-18-11-13-22(14-12-18)30(28,29)26(16-19-7-6-8-20(24)15-19)17-23(27)25-21-9-4-2-3-5-10-21/h6-8,11-15,21H,2-5,9-10,16-17H2,1H3,(H,25,27). The molecule has 1 amide bonds. The predicted molar refractivity (Wildman–Crippen MR) is 120 cm³/mol. The molecule has 1 saturated carbocycles. The fourth-order valence-electron chi connectivity index (χ4n) is 3.78. The second kappa shape index (κ2) is 10.4. The van der Waals surface area contributed by atoms with Gasteiger partial charge in [0, 0.05) is 17.6 Å². The number of carbonyl (C=O) groups excluding carboxylic acids is 1. The summed E-state index contributed by atoms with van der Waals surface area (Å²) in [7, 11) is -3.84. The first-order valence-electron chi connectivity index (χ1n) is 10.5. The number of carbonyl (C=O) groups is 1. The predicted octanol–water partition coefficient (Wildman–Crippen LogP) is 4.68. The zero-order valence-corrected chi connectivity index (χ0v) is 18.9. The summed E-state index contributed by atoms with van der Waals surface area (Å²) < 4.78 is 27.9. The van der Waals surface area contributed by atoms with Gasteiger partial charge in [-0.3, -0.25) is 4.79 Å². The highest BCUT2D eigenvalue weighted by Gasteiger charge is 2.28. The van der Waals surface area contributed by atoms with Crippen LogP contribution in [0.2, 0.25) is 5.02 Å². The van der Waals surface area contributed by atoms with Crippen molar-refractivity contribution in [3.63, 3.8) is 0 Å². The minimum Gasteiger partial charge on any atom is -0.352 e. The molecule has 3 rings (SSSR count). The molecule has 1 aliphatic carbocycles. The van der Waals surface area contributed by atoms with E-state index in [1.54, 1.807) is 42.5 Å². The lowest BCUT2D eigenvalue weighted by molar-refractivity contribution is -0.122. The maximum absolute atomic E-state index is 13.3. The number of rotatable bonds is 7. The Morgan fingerprint density at radius 1 is 1.07 bits per heavy atom. The van der Waals surface area contributed by atoms with Gasteiger partial charge in [0.2, 0.25) is 15.9 Å². The van der Waals surface area contributed by atoms with Gasteiger partial charge >= 0.3 is 0 Å². The Morgan fingerprint density at radius 3 is 2.37 bits per heavy atom. The SMILES string of the molecule is Cc1ccc(S(=O)(=O)N(CC(=O)NC2CCCCCC2)Cc2cccc(Cl)c2)cc1. The second-order valence-corrected chi connectivity index (χ2v) is 10.3. The second-order valence-electron chi connectivity index (χ2n) is 7.97. The number of aryl methyl sites for hydroxylation is 1. The number of benzene rings is 2. The molecule has 7 heteroatoms. The van der Waals surface area contributed by atoms with Gasteiger partial charge < -0.3 is 5.32 Å². The number of halogens is 1. The van der Waals surface area contributed by atoms with Gasteiger partial charge in [-0.2, -0.15) is 4.31 Å². The molecule has 0 aliphatic heterocycles. The fraction of sp³-hybridized carbons (Fsp3) is 0.435. The van der Waals surface area contributed by atoms with Crippen LogP contribution in [0.1, 0.15) is 49.7 Å². The Bertz CT molecular complexity index is 953. The van der Waals surface area contributed by atoms with Crippen LogP contribution in [-0.2, 0) is 21.4 Å². The summed E-state index contributed by atoms with van der Waals surface area (Å²) in [4.78, 5) is 13.0. The molecule has 1 N–H and O–H groups in total. The van der Waals surface area contributed by atoms with Gasteiger partial charge in [-0.1, -0.05) is 67.1 Å². The van der Waals surface area contributed by atoms with Gasteiger partial charge in [0.1, 0.15) is 0 Å². The third-order valence-corrected chi connectivity index (χ3v) is 7.49. The molecule has 30 heavy (non-hydrogen) atoms. The molecule has 2 aromatic carbocycles. The molecular weight excluding hydrogens is 420 g/mol. The molecule has 0 heterocycles. The Hall–Kier alpha value is -1.89. The lowest BCUT2D eigenvalue weighted by atomic mass is 10.1. The van der Waals surface area contributed by atoms with Crippen LogP contribution in [0.25, 0.3) is 0 Å². The van der Waals surface area contributed by atoms with Crippen LogP contribution in [0.4, 0.5) is 0 Å². The van der Waals surface area contributed by atoms with Crippen molar-refractivity contribution in [2.24, 2.45) is 0 Å². The summed E-state index contributed by atoms with van der Waals surface area (Å²) in [5.41, 5.74) is 1.71. The largest absolute Gasteiger partial charge is 0.352 e. The van der Waals surface area contributed by atoms with E-state index in [9.17, 15) is 13.2 Å². The van der Waals surface area contributed by atoms with Crippen molar-refractivity contribution in [1.29, 1.82) is 0 Å². The van der Waals surface area contributed by atoms with Crippen LogP contribution >= 0.6 is 11.6 Å². The van der Waals surface area contributed by atoms with Gasteiger partial charge in [-0.15, -0.1) is 0 Å². The minimum absolute atomic E-state index is 0.0782. The average Bonchev–Trinajstić information content (AvgIpc) is 2.96. The first-order chi connectivity index (χ1) is 14.3. The van der Waals surface area contributed by atoms with Crippen molar-refractivity contribution in [1.82, 2.24) is 9.62 Å². The molecule has 0 saturated heterocycles. The molecule has 0 aromatic heterocycles. The van der Waals surface area contributed by atoms with Crippen LogP contribution in [0, 0.1) is 6.92 Å². The maximum Gasteiger partial charge on any atom is 0.243 e. The van der Waals surface area contributed by atoms with E-state index in [2.05, 4.69) is 5.32 Å². The van der Waals surface area contributed by atoms with Crippen molar-refractivity contribution < 1.29 is 13.2 Å². The summed E-state index contributed by atoms with van der Waals surface area (Å²) in [5, 5.41) is 3.58. The first kappa shape index (κ1) is 22.8. The topological polar surface area (TPSA) is 66.5 Å². The molecule has 0 spiro atoms. The van der Waals surface area contributed by atoms with Crippen molar-refractivity contribution >= 4 is 27.5 Å². The third-order valence-electron chi connectivity index (χ3n) is 5.45. The van der Waals surface area contributed by atoms with Crippen LogP contribution in [0.15, 0.2) is 53.4 Å². The van der Waals surface area contributed by atoms with Crippen molar-refractivity contribution in [3.8, 4) is 0 Å². The fourth-order valence-corrected chi connectivity index (χ4v) is 5.38. The van der Waals surface area contributed by atoms with Crippen molar-refractivity contribution in [2.75, 3.05) is 6.54 Å². The highest BCUT2D eigenvalue weighted by Crippen LogP contribution is 2.21. The van der Waals surface area contributed by atoms with E-state index in [4.69, 9.17) is 11.6 Å². The van der Waals surface area contributed by atoms with Crippen molar-refractivity contribution in [2.45, 2.75) is 62.9 Å². The Labute approximate surface area is 184 Å². The van der Waals surface area contributed by atoms with E-state index in [1.807, 2.05) is 13.0 Å². The van der Waals surface area contributed by atoms with E-state index in [0.29, 0.717) is 5.02 Å². The average molecular weight is 449 g/mol. The molecule has 162 valence electrons. The molecule has 0 radical (unpaired) electrons. The van der Waals surface area contributed by atoms with Gasteiger partial charge in [-0.25, -0.2) is 8.42 Å². The molecule has 1 aliphatic rings.